The Balaban J connectivity index is 1.33. The lowest BCUT2D eigenvalue weighted by Gasteiger charge is -2.23. The molecule has 0 atom stereocenters. The maximum atomic E-state index is 2.47. The second-order valence-electron chi connectivity index (χ2n) is 13.3. The first-order valence-electron chi connectivity index (χ1n) is 16.5. The van der Waals surface area contributed by atoms with Gasteiger partial charge in [-0.3, -0.25) is 0 Å². The Bertz CT molecular complexity index is 2350. The fourth-order valence-electron chi connectivity index (χ4n) is 7.98. The summed E-state index contributed by atoms with van der Waals surface area (Å²) in [6.45, 7) is 4.73. The maximum Gasteiger partial charge on any atom is 0.0159 e. The van der Waals surface area contributed by atoms with Crippen molar-refractivity contribution in [1.29, 1.82) is 0 Å². The largest absolute Gasteiger partial charge is 0.0622 e. The van der Waals surface area contributed by atoms with Gasteiger partial charge in [0.15, 0.2) is 0 Å². The van der Waals surface area contributed by atoms with Gasteiger partial charge in [0.05, 0.1) is 0 Å². The Kier molecular flexibility index (Phi) is 6.27. The van der Waals surface area contributed by atoms with Crippen molar-refractivity contribution >= 4 is 21.5 Å². The molecule has 9 rings (SSSR count). The van der Waals surface area contributed by atoms with E-state index in [1.807, 2.05) is 0 Å². The zero-order chi connectivity index (χ0) is 31.5. The Hall–Kier alpha value is -5.72. The minimum atomic E-state index is -0.0563. The van der Waals surface area contributed by atoms with Crippen molar-refractivity contribution < 1.29 is 0 Å². The average Bonchev–Trinajstić information content (AvgIpc) is 3.36. The lowest BCUT2D eigenvalue weighted by Crippen LogP contribution is -2.14. The predicted octanol–water partition coefficient (Wildman–Crippen LogP) is 13.0. The molecule has 0 N–H and O–H groups in total. The van der Waals surface area contributed by atoms with Gasteiger partial charge in [0, 0.05) is 5.41 Å². The lowest BCUT2D eigenvalue weighted by atomic mass is 9.80. The summed E-state index contributed by atoms with van der Waals surface area (Å²) in [5, 5.41) is 5.10. The average molecular weight is 599 g/mol. The van der Waals surface area contributed by atoms with Crippen LogP contribution in [-0.4, -0.2) is 0 Å². The first-order valence-corrected chi connectivity index (χ1v) is 16.5. The number of hydrogen-bond donors (Lipinski definition) is 0. The number of rotatable bonds is 4. The molecule has 0 aromatic heterocycles. The van der Waals surface area contributed by atoms with E-state index in [4.69, 9.17) is 0 Å². The highest BCUT2D eigenvalue weighted by Crippen LogP contribution is 2.51. The standard InChI is InChI=1S/C47H34/c1-47(2)43-24-14-13-19-37(43)38-26-25-33(30-44(38)47)45-39-20-9-11-22-41(39)46(42-23-12-10-21-40(42)45)36-28-34(31-15-5-3-6-16-31)27-35(29-36)32-17-7-4-8-18-32/h3-30H,1-2H3. The van der Waals surface area contributed by atoms with E-state index in [1.54, 1.807) is 0 Å². The van der Waals surface area contributed by atoms with Gasteiger partial charge < -0.3 is 0 Å². The maximum absolute atomic E-state index is 2.47. The van der Waals surface area contributed by atoms with Crippen LogP contribution in [0.25, 0.3) is 77.2 Å². The van der Waals surface area contributed by atoms with Crippen molar-refractivity contribution in [2.45, 2.75) is 19.3 Å². The molecular formula is C47H34. The molecule has 0 fully saturated rings. The van der Waals surface area contributed by atoms with Crippen LogP contribution in [0.4, 0.5) is 0 Å². The topological polar surface area (TPSA) is 0 Å². The Morgan fingerprint density at radius 1 is 0.298 bits per heavy atom. The minimum absolute atomic E-state index is 0.0563. The van der Waals surface area contributed by atoms with E-state index in [-0.39, 0.29) is 5.41 Å². The molecule has 0 saturated carbocycles. The molecular weight excluding hydrogens is 565 g/mol. The van der Waals surface area contributed by atoms with Gasteiger partial charge >= 0.3 is 0 Å². The van der Waals surface area contributed by atoms with Crippen molar-refractivity contribution in [3.05, 3.63) is 181 Å². The quantitative estimate of drug-likeness (QED) is 0.177. The van der Waals surface area contributed by atoms with Crippen LogP contribution >= 0.6 is 0 Å². The van der Waals surface area contributed by atoms with E-state index >= 15 is 0 Å². The van der Waals surface area contributed by atoms with Gasteiger partial charge in [0.25, 0.3) is 0 Å². The molecule has 1 aliphatic rings. The van der Waals surface area contributed by atoms with Crippen LogP contribution in [0.3, 0.4) is 0 Å². The van der Waals surface area contributed by atoms with Gasteiger partial charge in [-0.2, -0.15) is 0 Å². The Morgan fingerprint density at radius 2 is 0.723 bits per heavy atom. The first kappa shape index (κ1) is 27.6. The number of benzene rings is 8. The van der Waals surface area contributed by atoms with Crippen molar-refractivity contribution in [2.24, 2.45) is 0 Å². The number of fused-ring (bicyclic) bond motifs is 5. The third kappa shape index (κ3) is 4.37. The summed E-state index contributed by atoms with van der Waals surface area (Å²) in [5.41, 5.74) is 15.4. The third-order valence-electron chi connectivity index (χ3n) is 10.2. The molecule has 0 spiro atoms. The molecule has 0 aliphatic heterocycles. The molecule has 222 valence electrons. The fourth-order valence-corrected chi connectivity index (χ4v) is 7.98. The molecule has 0 heterocycles. The Morgan fingerprint density at radius 3 is 1.28 bits per heavy atom. The molecule has 0 radical (unpaired) electrons. The molecule has 8 aromatic rings. The van der Waals surface area contributed by atoms with Gasteiger partial charge in [0.2, 0.25) is 0 Å². The van der Waals surface area contributed by atoms with E-state index < -0.39 is 0 Å². The second kappa shape index (κ2) is 10.7. The molecule has 8 aromatic carbocycles. The lowest BCUT2D eigenvalue weighted by molar-refractivity contribution is 0.660. The normalized spacial score (nSPS) is 13.1. The summed E-state index contributed by atoms with van der Waals surface area (Å²) in [5.74, 6) is 0. The molecule has 0 nitrogen and oxygen atoms in total. The summed E-state index contributed by atoms with van der Waals surface area (Å²) in [7, 11) is 0. The van der Waals surface area contributed by atoms with Crippen molar-refractivity contribution in [2.75, 3.05) is 0 Å². The van der Waals surface area contributed by atoms with E-state index in [0.717, 1.165) is 0 Å². The first-order chi connectivity index (χ1) is 23.1. The van der Waals surface area contributed by atoms with Crippen LogP contribution in [-0.2, 0) is 5.41 Å². The van der Waals surface area contributed by atoms with Crippen LogP contribution < -0.4 is 0 Å². The van der Waals surface area contributed by atoms with Crippen molar-refractivity contribution in [3.63, 3.8) is 0 Å². The summed E-state index contributed by atoms with van der Waals surface area (Å²) in [6.07, 6.45) is 0. The predicted molar refractivity (Wildman–Crippen MR) is 201 cm³/mol. The van der Waals surface area contributed by atoms with E-state index in [1.165, 1.54) is 88.3 Å². The van der Waals surface area contributed by atoms with E-state index in [0.29, 0.717) is 0 Å². The van der Waals surface area contributed by atoms with Crippen molar-refractivity contribution in [1.82, 2.24) is 0 Å². The molecule has 0 unspecified atom stereocenters. The SMILES string of the molecule is CC1(C)c2ccccc2-c2ccc(-c3c4ccccc4c(-c4cc(-c5ccccc5)cc(-c5ccccc5)c4)c4ccccc34)cc21. The highest BCUT2D eigenvalue weighted by atomic mass is 14.4. The van der Waals surface area contributed by atoms with Crippen LogP contribution in [0.5, 0.6) is 0 Å². The van der Waals surface area contributed by atoms with Gasteiger partial charge in [0.1, 0.15) is 0 Å². The van der Waals surface area contributed by atoms with E-state index in [9.17, 15) is 0 Å². The molecule has 47 heavy (non-hydrogen) atoms. The van der Waals surface area contributed by atoms with Crippen LogP contribution in [0.15, 0.2) is 170 Å². The highest BCUT2D eigenvalue weighted by molar-refractivity contribution is 6.21. The van der Waals surface area contributed by atoms with Crippen LogP contribution in [0.2, 0.25) is 0 Å². The molecule has 0 saturated heterocycles. The molecule has 1 aliphatic carbocycles. The zero-order valence-corrected chi connectivity index (χ0v) is 26.7. The van der Waals surface area contributed by atoms with Crippen LogP contribution in [0.1, 0.15) is 25.0 Å². The van der Waals surface area contributed by atoms with Crippen molar-refractivity contribution in [3.8, 4) is 55.6 Å². The van der Waals surface area contributed by atoms with Gasteiger partial charge in [-0.05, 0) is 113 Å². The van der Waals surface area contributed by atoms with Gasteiger partial charge in [-0.15, -0.1) is 0 Å². The highest BCUT2D eigenvalue weighted by Gasteiger charge is 2.35. The van der Waals surface area contributed by atoms with Gasteiger partial charge in [-0.1, -0.05) is 159 Å². The zero-order valence-electron chi connectivity index (χ0n) is 26.7. The monoisotopic (exact) mass is 598 g/mol. The minimum Gasteiger partial charge on any atom is -0.0622 e. The summed E-state index contributed by atoms with van der Waals surface area (Å²) in [6, 6.07) is 62.7. The summed E-state index contributed by atoms with van der Waals surface area (Å²) >= 11 is 0. The van der Waals surface area contributed by atoms with E-state index in [2.05, 4.69) is 184 Å². The van der Waals surface area contributed by atoms with Gasteiger partial charge in [-0.25, -0.2) is 0 Å². The third-order valence-corrected chi connectivity index (χ3v) is 10.2. The smallest absolute Gasteiger partial charge is 0.0159 e. The van der Waals surface area contributed by atoms with Crippen LogP contribution in [0, 0.1) is 0 Å². The summed E-state index contributed by atoms with van der Waals surface area (Å²) < 4.78 is 0. The fraction of sp³-hybridized carbons (Fsp3) is 0.0638. The molecule has 0 bridgehead atoms. The summed E-state index contributed by atoms with van der Waals surface area (Å²) in [4.78, 5) is 0. The molecule has 0 amide bonds. The number of hydrogen-bond acceptors (Lipinski definition) is 0. The Labute approximate surface area is 276 Å². The molecule has 0 heteroatoms. The second-order valence-corrected chi connectivity index (χ2v) is 13.3.